The van der Waals surface area contributed by atoms with Gasteiger partial charge in [0.2, 0.25) is 0 Å². The lowest BCUT2D eigenvalue weighted by Crippen LogP contribution is -2.24. The van der Waals surface area contributed by atoms with E-state index in [-0.39, 0.29) is 28.4 Å². The number of H-pyrrole nitrogens is 1. The first-order valence-electron chi connectivity index (χ1n) is 13.0. The van der Waals surface area contributed by atoms with E-state index in [0.29, 0.717) is 38.3 Å². The van der Waals surface area contributed by atoms with Crippen LogP contribution in [0.1, 0.15) is 22.4 Å². The Bertz CT molecular complexity index is 2110. The van der Waals surface area contributed by atoms with E-state index in [9.17, 15) is 21.8 Å². The largest absolute Gasteiger partial charge is 0.334 e. The fraction of sp³-hybridized carbons (Fsp3) is 0.129. The number of aromatic amines is 1. The molecule has 0 saturated heterocycles. The first-order chi connectivity index (χ1) is 20.4. The highest BCUT2D eigenvalue weighted by atomic mass is 35.5. The highest BCUT2D eigenvalue weighted by molar-refractivity contribution is 7.90. The van der Waals surface area contributed by atoms with E-state index < -0.39 is 32.4 Å². The van der Waals surface area contributed by atoms with Gasteiger partial charge < -0.3 is 14.3 Å². The molecule has 0 saturated carbocycles. The molecule has 3 aromatic carbocycles. The molecule has 0 aliphatic heterocycles. The molecule has 0 radical (unpaired) electrons. The second kappa shape index (κ2) is 11.8. The monoisotopic (exact) mass is 638 g/mol. The number of fused-ring (bicyclic) bond motifs is 1. The number of aromatic nitrogens is 2. The van der Waals surface area contributed by atoms with Crippen molar-refractivity contribution in [2.75, 3.05) is 11.0 Å². The molecule has 1 unspecified atom stereocenters. The molecule has 222 valence electrons. The number of rotatable bonds is 9. The average Bonchev–Trinajstić information content (AvgIpc) is 3.25. The summed E-state index contributed by atoms with van der Waals surface area (Å²) >= 11 is 6.39. The zero-order valence-electron chi connectivity index (χ0n) is 23.5. The molecule has 43 heavy (non-hydrogen) atoms. The molecule has 12 heteroatoms. The fourth-order valence-electron chi connectivity index (χ4n) is 5.00. The lowest BCUT2D eigenvalue weighted by molar-refractivity contribution is 0.590. The van der Waals surface area contributed by atoms with Crippen molar-refractivity contribution in [3.8, 4) is 11.1 Å². The van der Waals surface area contributed by atoms with Gasteiger partial charge in [-0.1, -0.05) is 36.4 Å². The molecule has 3 N–H and O–H groups in total. The molecule has 0 amide bonds. The topological polar surface area (TPSA) is 113 Å². The summed E-state index contributed by atoms with van der Waals surface area (Å²) in [5.74, 6) is -0.446. The molecule has 5 aromatic rings. The fourth-order valence-corrected chi connectivity index (χ4v) is 6.84. The van der Waals surface area contributed by atoms with Crippen molar-refractivity contribution < 1.29 is 17.0 Å². The number of halogens is 2. The smallest absolute Gasteiger partial charge is 0.262 e. The molecule has 1 atom stereocenters. The summed E-state index contributed by atoms with van der Waals surface area (Å²) in [4.78, 5) is 15.7. The van der Waals surface area contributed by atoms with Crippen LogP contribution < -0.4 is 15.0 Å². The molecule has 0 fully saturated rings. The van der Waals surface area contributed by atoms with E-state index in [4.69, 9.17) is 11.6 Å². The van der Waals surface area contributed by atoms with Gasteiger partial charge in [0, 0.05) is 45.1 Å². The van der Waals surface area contributed by atoms with Crippen molar-refractivity contribution in [3.05, 3.63) is 123 Å². The van der Waals surface area contributed by atoms with Crippen LogP contribution in [0.2, 0.25) is 5.02 Å². The summed E-state index contributed by atoms with van der Waals surface area (Å²) in [6, 6.07) is 17.5. The van der Waals surface area contributed by atoms with Crippen LogP contribution in [0, 0.1) is 19.7 Å². The Morgan fingerprint density at radius 2 is 1.84 bits per heavy atom. The maximum Gasteiger partial charge on any atom is 0.262 e. The van der Waals surface area contributed by atoms with E-state index in [2.05, 4.69) is 21.0 Å². The van der Waals surface area contributed by atoms with Gasteiger partial charge in [-0.25, -0.2) is 17.0 Å². The van der Waals surface area contributed by atoms with Crippen molar-refractivity contribution in [2.24, 2.45) is 0 Å². The Kier molecular flexibility index (Phi) is 8.33. The van der Waals surface area contributed by atoms with E-state index in [1.165, 1.54) is 30.7 Å². The Hall–Kier alpha value is -4.19. The third-order valence-corrected chi connectivity index (χ3v) is 9.26. The highest BCUT2D eigenvalue weighted by Gasteiger charge is 2.27. The third-order valence-electron chi connectivity index (χ3n) is 7.15. The van der Waals surface area contributed by atoms with E-state index in [0.717, 1.165) is 5.56 Å². The van der Waals surface area contributed by atoms with Gasteiger partial charge in [0.05, 0.1) is 28.5 Å². The van der Waals surface area contributed by atoms with Crippen molar-refractivity contribution in [1.82, 2.24) is 14.3 Å². The maximum absolute atomic E-state index is 14.9. The second-order valence-electron chi connectivity index (χ2n) is 10.0. The molecular weight excluding hydrogens is 611 g/mol. The van der Waals surface area contributed by atoms with Crippen molar-refractivity contribution in [2.45, 2.75) is 25.3 Å². The van der Waals surface area contributed by atoms with Crippen LogP contribution >= 0.6 is 11.6 Å². The van der Waals surface area contributed by atoms with Crippen LogP contribution in [0.15, 0.2) is 89.2 Å². The normalized spacial score (nSPS) is 12.3. The van der Waals surface area contributed by atoms with Crippen LogP contribution in [0.5, 0.6) is 0 Å². The molecular formula is C31H28ClFN4O4S2. The van der Waals surface area contributed by atoms with Crippen LogP contribution in [0.25, 0.3) is 27.7 Å². The first kappa shape index (κ1) is 30.3. The lowest BCUT2D eigenvalue weighted by Gasteiger charge is -2.18. The third kappa shape index (κ3) is 6.01. The second-order valence-corrected chi connectivity index (χ2v) is 13.3. The predicted octanol–water partition coefficient (Wildman–Crippen LogP) is 6.11. The van der Waals surface area contributed by atoms with E-state index in [1.807, 2.05) is 0 Å². The quantitative estimate of drug-likeness (QED) is 0.181. The number of hydrogen-bond acceptors (Lipinski definition) is 4. The average molecular weight is 639 g/mol. The minimum Gasteiger partial charge on any atom is -0.334 e. The van der Waals surface area contributed by atoms with Crippen LogP contribution in [-0.2, 0) is 27.6 Å². The summed E-state index contributed by atoms with van der Waals surface area (Å²) < 4.78 is 61.4. The van der Waals surface area contributed by atoms with Gasteiger partial charge in [-0.3, -0.25) is 9.52 Å². The standard InChI is InChI=1S/C31H28ClFN4O4S2/c1-18-14-23(16-27(19(18)2)35-42(4)39)43(40,41)36-20(3)30-29(24-9-7-13-34-31(24)38)25-15-22(32)11-12-28(25)37(30)17-21-8-5-6-10-26(21)33/h5-16,35-36H,3,17H2,1-2,4H3,(H,34,38). The number of nitrogens with zero attached hydrogens (tertiary/aromatic N) is 1. The predicted molar refractivity (Wildman–Crippen MR) is 171 cm³/mol. The number of sulfonamides is 1. The number of anilines is 1. The molecule has 8 nitrogen and oxygen atoms in total. The summed E-state index contributed by atoms with van der Waals surface area (Å²) in [5, 5.41) is 0.948. The van der Waals surface area contributed by atoms with Crippen LogP contribution in [-0.4, -0.2) is 28.4 Å². The minimum atomic E-state index is -4.25. The number of nitrogens with one attached hydrogen (secondary N) is 3. The molecule has 2 aromatic heterocycles. The molecule has 0 aliphatic rings. The summed E-state index contributed by atoms with van der Waals surface area (Å²) in [7, 11) is -5.68. The van der Waals surface area contributed by atoms with Gasteiger partial charge in [0.25, 0.3) is 15.6 Å². The molecule has 0 spiro atoms. The SMILES string of the molecule is C=C(NS(=O)(=O)c1cc(C)c(C)c(NS(C)=O)c1)c1c(-c2ccc[nH]c2=O)c2cc(Cl)ccc2n1Cc1ccccc1F. The molecule has 0 bridgehead atoms. The zero-order valence-corrected chi connectivity index (χ0v) is 25.9. The van der Waals surface area contributed by atoms with Crippen molar-refractivity contribution in [3.63, 3.8) is 0 Å². The molecule has 0 aliphatic carbocycles. The highest BCUT2D eigenvalue weighted by Crippen LogP contribution is 2.39. The summed E-state index contributed by atoms with van der Waals surface area (Å²) in [5.41, 5.74) is 3.19. The molecule has 2 heterocycles. The number of hydrogen-bond donors (Lipinski definition) is 3. The Morgan fingerprint density at radius 1 is 1.09 bits per heavy atom. The number of benzene rings is 3. The van der Waals surface area contributed by atoms with E-state index >= 15 is 0 Å². The van der Waals surface area contributed by atoms with Gasteiger partial charge in [-0.05, 0) is 73.5 Å². The van der Waals surface area contributed by atoms with E-state index in [1.54, 1.807) is 66.9 Å². The maximum atomic E-state index is 14.9. The number of aryl methyl sites for hydroxylation is 1. The van der Waals surface area contributed by atoms with Crippen LogP contribution in [0.4, 0.5) is 10.1 Å². The Balaban J connectivity index is 1.73. The number of pyridine rings is 1. The molecule has 5 rings (SSSR count). The van der Waals surface area contributed by atoms with Gasteiger partial charge in [-0.2, -0.15) is 0 Å². The Labute approximate surface area is 255 Å². The Morgan fingerprint density at radius 3 is 2.53 bits per heavy atom. The van der Waals surface area contributed by atoms with Crippen LogP contribution in [0.3, 0.4) is 0 Å². The zero-order chi connectivity index (χ0) is 31.1. The van der Waals surface area contributed by atoms with Gasteiger partial charge >= 0.3 is 0 Å². The van der Waals surface area contributed by atoms with Crippen molar-refractivity contribution >= 4 is 54.9 Å². The lowest BCUT2D eigenvalue weighted by atomic mass is 10.0. The van der Waals surface area contributed by atoms with Gasteiger partial charge in [-0.15, -0.1) is 0 Å². The van der Waals surface area contributed by atoms with Gasteiger partial charge in [0.1, 0.15) is 16.8 Å². The van der Waals surface area contributed by atoms with Gasteiger partial charge in [0.15, 0.2) is 0 Å². The first-order valence-corrected chi connectivity index (χ1v) is 16.5. The summed E-state index contributed by atoms with van der Waals surface area (Å²) in [6.07, 6.45) is 2.94. The summed E-state index contributed by atoms with van der Waals surface area (Å²) in [6.45, 7) is 7.64. The van der Waals surface area contributed by atoms with Crippen molar-refractivity contribution in [1.29, 1.82) is 0 Å². The minimum absolute atomic E-state index is 0.00560.